The summed E-state index contributed by atoms with van der Waals surface area (Å²) in [6.45, 7) is 3.47. The molecule has 1 aliphatic rings. The van der Waals surface area contributed by atoms with Crippen molar-refractivity contribution in [3.8, 4) is 0 Å². The van der Waals surface area contributed by atoms with E-state index in [-0.39, 0.29) is 0 Å². The number of aromatic nitrogens is 1. The molecule has 0 atom stereocenters. The molecule has 19 heavy (non-hydrogen) atoms. The van der Waals surface area contributed by atoms with Crippen molar-refractivity contribution in [1.82, 2.24) is 15.7 Å². The van der Waals surface area contributed by atoms with E-state index in [1.54, 1.807) is 6.20 Å². The topological polar surface area (TPSA) is 58.5 Å². The van der Waals surface area contributed by atoms with Crippen LogP contribution in [0.25, 0.3) is 0 Å². The highest BCUT2D eigenvalue weighted by atomic mass is 32.1. The highest BCUT2D eigenvalue weighted by Crippen LogP contribution is 2.05. The molecule has 1 aromatic rings. The zero-order valence-electron chi connectivity index (χ0n) is 10.9. The van der Waals surface area contributed by atoms with Crippen LogP contribution in [-0.2, 0) is 4.74 Å². The van der Waals surface area contributed by atoms with Crippen LogP contribution < -0.4 is 10.7 Å². The average molecular weight is 278 g/mol. The normalized spacial score (nSPS) is 17.0. The fourth-order valence-corrected chi connectivity index (χ4v) is 2.04. The molecular formula is C13H18N4OS. The van der Waals surface area contributed by atoms with Gasteiger partial charge in [-0.3, -0.25) is 10.4 Å². The summed E-state index contributed by atoms with van der Waals surface area (Å²) in [4.78, 5) is 4.22. The Bertz CT molecular complexity index is 443. The number of hydrogen-bond acceptors (Lipinski definition) is 4. The average Bonchev–Trinajstić information content (AvgIpc) is 2.47. The van der Waals surface area contributed by atoms with Gasteiger partial charge in [-0.1, -0.05) is 6.07 Å². The Hall–Kier alpha value is -1.53. The quantitative estimate of drug-likeness (QED) is 0.498. The van der Waals surface area contributed by atoms with Crippen LogP contribution in [0.4, 0.5) is 0 Å². The molecule has 0 unspecified atom stereocenters. The van der Waals surface area contributed by atoms with Crippen molar-refractivity contribution in [3.05, 3.63) is 30.1 Å². The van der Waals surface area contributed by atoms with E-state index in [2.05, 4.69) is 20.8 Å². The molecule has 2 N–H and O–H groups in total. The second-order valence-corrected chi connectivity index (χ2v) is 4.79. The molecule has 0 aromatic carbocycles. The standard InChI is InChI=1S/C13H18N4OS/c1-10(12-4-2-3-7-14-12)16-17-13(19)15-11-5-8-18-9-6-11/h2-4,7,11H,5-6,8-9H2,1H3,(H2,15,17,19)/b16-10+. The van der Waals surface area contributed by atoms with Gasteiger partial charge < -0.3 is 10.1 Å². The Morgan fingerprint density at radius 2 is 2.21 bits per heavy atom. The molecule has 0 radical (unpaired) electrons. The van der Waals surface area contributed by atoms with Gasteiger partial charge in [-0.2, -0.15) is 5.10 Å². The molecule has 2 rings (SSSR count). The van der Waals surface area contributed by atoms with Gasteiger partial charge >= 0.3 is 0 Å². The summed E-state index contributed by atoms with van der Waals surface area (Å²) in [6, 6.07) is 6.09. The first-order chi connectivity index (χ1) is 9.25. The lowest BCUT2D eigenvalue weighted by Crippen LogP contribution is -2.43. The number of hydrazone groups is 1. The van der Waals surface area contributed by atoms with E-state index in [0.717, 1.165) is 37.5 Å². The van der Waals surface area contributed by atoms with Gasteiger partial charge in [-0.25, -0.2) is 0 Å². The third-order valence-electron chi connectivity index (χ3n) is 2.92. The minimum absolute atomic E-state index is 0.374. The van der Waals surface area contributed by atoms with Crippen molar-refractivity contribution in [1.29, 1.82) is 0 Å². The molecule has 102 valence electrons. The van der Waals surface area contributed by atoms with Gasteiger partial charge in [0.2, 0.25) is 0 Å². The Kier molecular flexibility index (Phi) is 5.23. The lowest BCUT2D eigenvalue weighted by atomic mass is 10.1. The molecule has 1 aromatic heterocycles. The summed E-state index contributed by atoms with van der Waals surface area (Å²) in [5.41, 5.74) is 4.50. The number of nitrogens with one attached hydrogen (secondary N) is 2. The number of ether oxygens (including phenoxy) is 1. The van der Waals surface area contributed by atoms with Crippen molar-refractivity contribution in [2.45, 2.75) is 25.8 Å². The lowest BCUT2D eigenvalue weighted by molar-refractivity contribution is 0.0824. The highest BCUT2D eigenvalue weighted by Gasteiger charge is 2.13. The van der Waals surface area contributed by atoms with Crippen LogP contribution in [0.3, 0.4) is 0 Å². The molecular weight excluding hydrogens is 260 g/mol. The fourth-order valence-electron chi connectivity index (χ4n) is 1.83. The minimum atomic E-state index is 0.374. The van der Waals surface area contributed by atoms with E-state index < -0.39 is 0 Å². The molecule has 0 saturated carbocycles. The Labute approximate surface area is 118 Å². The predicted octanol–water partition coefficient (Wildman–Crippen LogP) is 1.45. The first kappa shape index (κ1) is 13.9. The summed E-state index contributed by atoms with van der Waals surface area (Å²) in [5.74, 6) is 0. The summed E-state index contributed by atoms with van der Waals surface area (Å²) in [7, 11) is 0. The zero-order valence-corrected chi connectivity index (χ0v) is 11.7. The van der Waals surface area contributed by atoms with Crippen LogP contribution in [0.1, 0.15) is 25.5 Å². The molecule has 5 nitrogen and oxygen atoms in total. The van der Waals surface area contributed by atoms with Gasteiger partial charge in [0.15, 0.2) is 5.11 Å². The van der Waals surface area contributed by atoms with E-state index in [1.807, 2.05) is 25.1 Å². The Balaban J connectivity index is 1.82. The monoisotopic (exact) mass is 278 g/mol. The fraction of sp³-hybridized carbons (Fsp3) is 0.462. The number of nitrogens with zero attached hydrogens (tertiary/aromatic N) is 2. The van der Waals surface area contributed by atoms with Crippen molar-refractivity contribution in [2.24, 2.45) is 5.10 Å². The number of pyridine rings is 1. The van der Waals surface area contributed by atoms with Gasteiger partial charge in [0.1, 0.15) is 0 Å². The predicted molar refractivity (Wildman–Crippen MR) is 79.2 cm³/mol. The van der Waals surface area contributed by atoms with Gasteiger partial charge in [0.25, 0.3) is 0 Å². The van der Waals surface area contributed by atoms with Gasteiger partial charge in [-0.05, 0) is 44.1 Å². The maximum Gasteiger partial charge on any atom is 0.187 e. The van der Waals surface area contributed by atoms with Crippen LogP contribution in [0.15, 0.2) is 29.5 Å². The molecule has 0 aliphatic carbocycles. The third-order valence-corrected chi connectivity index (χ3v) is 3.13. The molecule has 1 fully saturated rings. The van der Waals surface area contributed by atoms with Crippen LogP contribution in [0.5, 0.6) is 0 Å². The Morgan fingerprint density at radius 1 is 1.42 bits per heavy atom. The number of rotatable bonds is 3. The summed E-state index contributed by atoms with van der Waals surface area (Å²) in [6.07, 6.45) is 3.70. The van der Waals surface area contributed by atoms with E-state index in [0.29, 0.717) is 11.2 Å². The molecule has 1 aliphatic heterocycles. The molecule has 6 heteroatoms. The number of thiocarbonyl (C=S) groups is 1. The van der Waals surface area contributed by atoms with Crippen molar-refractivity contribution >= 4 is 23.0 Å². The van der Waals surface area contributed by atoms with Crippen molar-refractivity contribution in [2.75, 3.05) is 13.2 Å². The molecule has 0 bridgehead atoms. The summed E-state index contributed by atoms with van der Waals surface area (Å²) in [5, 5.41) is 8.01. The summed E-state index contributed by atoms with van der Waals surface area (Å²) < 4.78 is 5.30. The van der Waals surface area contributed by atoms with Crippen LogP contribution in [0, 0.1) is 0 Å². The van der Waals surface area contributed by atoms with Gasteiger partial charge in [0, 0.05) is 25.5 Å². The van der Waals surface area contributed by atoms with E-state index >= 15 is 0 Å². The smallest absolute Gasteiger partial charge is 0.187 e. The van der Waals surface area contributed by atoms with E-state index in [9.17, 15) is 0 Å². The lowest BCUT2D eigenvalue weighted by Gasteiger charge is -2.23. The van der Waals surface area contributed by atoms with E-state index in [4.69, 9.17) is 17.0 Å². The summed E-state index contributed by atoms with van der Waals surface area (Å²) >= 11 is 5.21. The first-order valence-electron chi connectivity index (χ1n) is 6.35. The second kappa shape index (κ2) is 7.16. The minimum Gasteiger partial charge on any atom is -0.381 e. The molecule has 2 heterocycles. The largest absolute Gasteiger partial charge is 0.381 e. The zero-order chi connectivity index (χ0) is 13.5. The maximum atomic E-state index is 5.30. The first-order valence-corrected chi connectivity index (χ1v) is 6.76. The highest BCUT2D eigenvalue weighted by molar-refractivity contribution is 7.80. The van der Waals surface area contributed by atoms with Crippen LogP contribution in [-0.4, -0.2) is 35.1 Å². The Morgan fingerprint density at radius 3 is 2.89 bits per heavy atom. The van der Waals surface area contributed by atoms with Crippen LogP contribution >= 0.6 is 12.2 Å². The van der Waals surface area contributed by atoms with Gasteiger partial charge in [0.05, 0.1) is 11.4 Å². The molecule has 0 amide bonds. The number of hydrogen-bond donors (Lipinski definition) is 2. The SMILES string of the molecule is C/C(=N\NC(=S)NC1CCOCC1)c1ccccn1. The molecule has 1 saturated heterocycles. The molecule has 0 spiro atoms. The van der Waals surface area contributed by atoms with E-state index in [1.165, 1.54) is 0 Å². The third kappa shape index (κ3) is 4.57. The van der Waals surface area contributed by atoms with Crippen LogP contribution in [0.2, 0.25) is 0 Å². The van der Waals surface area contributed by atoms with Crippen molar-refractivity contribution < 1.29 is 4.74 Å². The maximum absolute atomic E-state index is 5.30. The second-order valence-electron chi connectivity index (χ2n) is 4.38. The van der Waals surface area contributed by atoms with Gasteiger partial charge in [-0.15, -0.1) is 0 Å². The van der Waals surface area contributed by atoms with Crippen molar-refractivity contribution in [3.63, 3.8) is 0 Å².